The number of amides is 1. The van der Waals surface area contributed by atoms with Gasteiger partial charge in [-0.05, 0) is 35.4 Å². The number of carbonyl (C=O) groups is 1. The summed E-state index contributed by atoms with van der Waals surface area (Å²) in [6.07, 6.45) is -11.7. The molecule has 0 atom stereocenters. The van der Waals surface area contributed by atoms with E-state index >= 15 is 0 Å². The lowest BCUT2D eigenvalue weighted by Gasteiger charge is -2.31. The minimum absolute atomic E-state index is 0.0464. The smallest absolute Gasteiger partial charge is 0.397 e. The summed E-state index contributed by atoms with van der Waals surface area (Å²) in [7, 11) is 0. The Balaban J connectivity index is 2.48. The van der Waals surface area contributed by atoms with E-state index in [1.807, 2.05) is 0 Å². The second kappa shape index (κ2) is 10.3. The van der Waals surface area contributed by atoms with Crippen LogP contribution < -0.4 is 21.9 Å². The van der Waals surface area contributed by atoms with Crippen molar-refractivity contribution in [2.75, 3.05) is 5.01 Å². The van der Waals surface area contributed by atoms with E-state index in [-0.39, 0.29) is 30.3 Å². The Morgan fingerprint density at radius 1 is 0.971 bits per heavy atom. The molecule has 192 valence electrons. The third-order valence-corrected chi connectivity index (χ3v) is 5.58. The number of hydrogen-bond donors (Lipinski definition) is 3. The molecular formula is C20H16Cl3F7N4O. The van der Waals surface area contributed by atoms with E-state index in [4.69, 9.17) is 46.4 Å². The lowest BCUT2D eigenvalue weighted by Crippen LogP contribution is -2.50. The predicted octanol–water partition coefficient (Wildman–Crippen LogP) is 6.21. The van der Waals surface area contributed by atoms with Crippen molar-refractivity contribution in [2.24, 2.45) is 11.6 Å². The number of hydrogen-bond acceptors (Lipinski definition) is 4. The summed E-state index contributed by atoms with van der Waals surface area (Å²) in [6, 6.07) is 4.71. The largest absolute Gasteiger partial charge is 0.435 e. The molecular weight excluding hydrogens is 552 g/mol. The third kappa shape index (κ3) is 6.05. The fraction of sp³-hybridized carbons (Fsp3) is 0.250. The van der Waals surface area contributed by atoms with Gasteiger partial charge in [-0.1, -0.05) is 40.9 Å². The van der Waals surface area contributed by atoms with E-state index in [1.54, 1.807) is 0 Å². The van der Waals surface area contributed by atoms with Crippen LogP contribution in [0.5, 0.6) is 0 Å². The average molecular weight is 568 g/mol. The van der Waals surface area contributed by atoms with Gasteiger partial charge in [0.25, 0.3) is 0 Å². The summed E-state index contributed by atoms with van der Waals surface area (Å²) in [5.41, 5.74) is -1.28. The van der Waals surface area contributed by atoms with Gasteiger partial charge in [-0.2, -0.15) is 26.3 Å². The van der Waals surface area contributed by atoms with Crippen molar-refractivity contribution in [1.82, 2.24) is 5.32 Å². The maximum absolute atomic E-state index is 14.4. The molecule has 1 amide bonds. The molecule has 0 aliphatic rings. The predicted molar refractivity (Wildman–Crippen MR) is 119 cm³/mol. The number of hydrazine groups is 1. The maximum Gasteiger partial charge on any atom is 0.435 e. The molecule has 15 heteroatoms. The van der Waals surface area contributed by atoms with Gasteiger partial charge in [0.2, 0.25) is 5.91 Å². The van der Waals surface area contributed by atoms with E-state index in [0.717, 1.165) is 6.20 Å². The number of nitrogens with one attached hydrogen (secondary N) is 1. The minimum atomic E-state index is -6.35. The van der Waals surface area contributed by atoms with Crippen LogP contribution in [0.3, 0.4) is 0 Å². The molecule has 0 aromatic heterocycles. The summed E-state index contributed by atoms with van der Waals surface area (Å²) < 4.78 is 92.7. The normalized spacial score (nSPS) is 13.1. The van der Waals surface area contributed by atoms with Crippen molar-refractivity contribution in [1.29, 1.82) is 0 Å². The Labute approximate surface area is 209 Å². The van der Waals surface area contributed by atoms with Crippen LogP contribution in [0.2, 0.25) is 15.1 Å². The van der Waals surface area contributed by atoms with Crippen molar-refractivity contribution < 1.29 is 35.5 Å². The minimum Gasteiger partial charge on any atom is -0.397 e. The van der Waals surface area contributed by atoms with Gasteiger partial charge in [-0.25, -0.2) is 10.2 Å². The van der Waals surface area contributed by atoms with Crippen molar-refractivity contribution >= 4 is 52.1 Å². The van der Waals surface area contributed by atoms with Gasteiger partial charge in [-0.15, -0.1) is 0 Å². The van der Waals surface area contributed by atoms with Gasteiger partial charge in [0, 0.05) is 30.3 Å². The molecule has 0 fully saturated rings. The molecule has 0 spiro atoms. The highest BCUT2D eigenvalue weighted by Gasteiger charge is 2.73. The summed E-state index contributed by atoms with van der Waals surface area (Å²) in [5.74, 6) is 5.50. The van der Waals surface area contributed by atoms with E-state index in [2.05, 4.69) is 5.32 Å². The number of benzene rings is 2. The van der Waals surface area contributed by atoms with Crippen molar-refractivity contribution in [3.05, 3.63) is 68.3 Å². The molecule has 0 radical (unpaired) electrons. The van der Waals surface area contributed by atoms with Gasteiger partial charge in [0.05, 0.1) is 21.4 Å². The van der Waals surface area contributed by atoms with Gasteiger partial charge in [0.1, 0.15) is 0 Å². The van der Waals surface area contributed by atoms with E-state index in [0.29, 0.717) is 21.2 Å². The first-order chi connectivity index (χ1) is 15.9. The third-order valence-electron chi connectivity index (χ3n) is 4.64. The first-order valence-electron chi connectivity index (χ1n) is 9.26. The Bertz CT molecular complexity index is 1120. The van der Waals surface area contributed by atoms with Crippen molar-refractivity contribution in [3.8, 4) is 0 Å². The molecule has 2 aromatic carbocycles. The Morgan fingerprint density at radius 3 is 1.94 bits per heavy atom. The topological polar surface area (TPSA) is 84.4 Å². The van der Waals surface area contributed by atoms with Crippen molar-refractivity contribution in [2.45, 2.75) is 31.5 Å². The molecule has 0 unspecified atom stereocenters. The lowest BCUT2D eigenvalue weighted by molar-refractivity contribution is -0.348. The number of carbonyl (C=O) groups excluding carboxylic acids is 1. The summed E-state index contributed by atoms with van der Waals surface area (Å²) in [6.45, 7) is 1.37. The molecule has 2 aromatic rings. The van der Waals surface area contributed by atoms with Crippen LogP contribution in [0.15, 0.2) is 36.5 Å². The average Bonchev–Trinajstić information content (AvgIpc) is 2.70. The fourth-order valence-electron chi connectivity index (χ4n) is 2.90. The zero-order chi connectivity index (χ0) is 26.9. The molecule has 5 nitrogen and oxygen atoms in total. The highest BCUT2D eigenvalue weighted by atomic mass is 35.5. The van der Waals surface area contributed by atoms with Crippen LogP contribution in [-0.2, 0) is 17.0 Å². The quantitative estimate of drug-likeness (QED) is 0.220. The van der Waals surface area contributed by atoms with E-state index in [1.165, 1.54) is 25.1 Å². The summed E-state index contributed by atoms with van der Waals surface area (Å²) >= 11 is 17.8. The van der Waals surface area contributed by atoms with Crippen LogP contribution in [0.4, 0.5) is 36.4 Å². The first kappa shape index (κ1) is 28.8. The van der Waals surface area contributed by atoms with Gasteiger partial charge >= 0.3 is 18.0 Å². The number of alkyl halides is 7. The highest BCUT2D eigenvalue weighted by Crippen LogP contribution is 2.54. The standard InChI is InChI=1S/C20H16Cl3F7N4O/c1-9(35)33-7-11-4-10(2-3-13(11)21)16(31)8-34(32)17-14(22)5-12(6-15(17)23)18(24,19(25,26)27)20(28,29)30/h2-6,8H,7,31-32H2,1H3,(H,33,35)/b16-8-. The zero-order valence-electron chi connectivity index (χ0n) is 17.5. The Hall–Kier alpha value is -2.41. The Kier molecular flexibility index (Phi) is 8.48. The number of halogens is 10. The second-order valence-electron chi connectivity index (χ2n) is 7.15. The lowest BCUT2D eigenvalue weighted by atomic mass is 9.94. The SMILES string of the molecule is CC(=O)NCc1cc(/C(N)=C/N(N)c2c(Cl)cc(C(F)(C(F)(F)F)C(F)(F)F)cc2Cl)ccc1Cl. The van der Waals surface area contributed by atoms with E-state index in [9.17, 15) is 35.5 Å². The molecule has 35 heavy (non-hydrogen) atoms. The molecule has 2 rings (SSSR count). The summed E-state index contributed by atoms with van der Waals surface area (Å²) in [4.78, 5) is 11.1. The zero-order valence-corrected chi connectivity index (χ0v) is 19.7. The number of nitrogens with two attached hydrogens (primary N) is 2. The molecule has 0 heterocycles. The monoisotopic (exact) mass is 566 g/mol. The molecule has 0 aliphatic carbocycles. The molecule has 0 saturated heterocycles. The Morgan fingerprint density at radius 2 is 1.49 bits per heavy atom. The van der Waals surface area contributed by atoms with Crippen LogP contribution in [0.1, 0.15) is 23.6 Å². The first-order valence-corrected chi connectivity index (χ1v) is 10.4. The van der Waals surface area contributed by atoms with Gasteiger partial charge < -0.3 is 11.1 Å². The number of nitrogens with zero attached hydrogens (tertiary/aromatic N) is 1. The van der Waals surface area contributed by atoms with Crippen molar-refractivity contribution in [3.63, 3.8) is 0 Å². The van der Waals surface area contributed by atoms with Crippen LogP contribution in [0, 0.1) is 0 Å². The molecule has 0 aliphatic heterocycles. The van der Waals surface area contributed by atoms with Crippen LogP contribution in [-0.4, -0.2) is 18.3 Å². The van der Waals surface area contributed by atoms with Crippen LogP contribution in [0.25, 0.3) is 5.70 Å². The van der Waals surface area contributed by atoms with Crippen LogP contribution >= 0.6 is 34.8 Å². The molecule has 5 N–H and O–H groups in total. The fourth-order valence-corrected chi connectivity index (χ4v) is 3.76. The second-order valence-corrected chi connectivity index (χ2v) is 8.37. The van der Waals surface area contributed by atoms with Gasteiger partial charge in [0.15, 0.2) is 0 Å². The maximum atomic E-state index is 14.4. The number of rotatable bonds is 6. The van der Waals surface area contributed by atoms with E-state index < -0.39 is 39.3 Å². The van der Waals surface area contributed by atoms with Gasteiger partial charge in [-0.3, -0.25) is 9.80 Å². The highest BCUT2D eigenvalue weighted by molar-refractivity contribution is 6.39. The molecule has 0 bridgehead atoms. The molecule has 0 saturated carbocycles. The number of anilines is 1. The summed E-state index contributed by atoms with van der Waals surface area (Å²) in [5, 5.41) is 1.88.